The normalized spacial score (nSPS) is 11.4. The van der Waals surface area contributed by atoms with E-state index in [4.69, 9.17) is 9.47 Å². The highest BCUT2D eigenvalue weighted by atomic mass is 16.6. The summed E-state index contributed by atoms with van der Waals surface area (Å²) in [4.78, 5) is 13.7. The molecule has 0 rings (SSSR count). The van der Waals surface area contributed by atoms with Gasteiger partial charge >= 0.3 is 6.09 Å². The molecule has 1 N–H and O–H groups in total. The van der Waals surface area contributed by atoms with Crippen LogP contribution in [0.5, 0.6) is 0 Å². The SMILES string of the molecule is CCCCNCCN(CCOC)C(=O)OC(C)(C)C. The predicted molar refractivity (Wildman–Crippen MR) is 77.5 cm³/mol. The highest BCUT2D eigenvalue weighted by molar-refractivity contribution is 5.68. The van der Waals surface area contributed by atoms with Crippen LogP contribution in [0.3, 0.4) is 0 Å². The van der Waals surface area contributed by atoms with Crippen LogP contribution in [0.1, 0.15) is 40.5 Å². The monoisotopic (exact) mass is 274 g/mol. The number of nitrogens with one attached hydrogen (secondary N) is 1. The van der Waals surface area contributed by atoms with Gasteiger partial charge in [-0.05, 0) is 33.7 Å². The third-order valence-corrected chi connectivity index (χ3v) is 2.48. The summed E-state index contributed by atoms with van der Waals surface area (Å²) >= 11 is 0. The lowest BCUT2D eigenvalue weighted by Gasteiger charge is -2.27. The van der Waals surface area contributed by atoms with Crippen molar-refractivity contribution >= 4 is 6.09 Å². The van der Waals surface area contributed by atoms with Crippen LogP contribution in [-0.4, -0.2) is 56.5 Å². The van der Waals surface area contributed by atoms with Crippen molar-refractivity contribution in [2.75, 3.05) is 39.9 Å². The van der Waals surface area contributed by atoms with Crippen molar-refractivity contribution in [1.82, 2.24) is 10.2 Å². The fraction of sp³-hybridized carbons (Fsp3) is 0.929. The van der Waals surface area contributed by atoms with E-state index in [1.165, 1.54) is 6.42 Å². The van der Waals surface area contributed by atoms with E-state index in [-0.39, 0.29) is 6.09 Å². The van der Waals surface area contributed by atoms with Crippen LogP contribution in [-0.2, 0) is 9.47 Å². The van der Waals surface area contributed by atoms with Gasteiger partial charge in [0, 0.05) is 26.7 Å². The second-order valence-electron chi connectivity index (χ2n) is 5.56. The molecule has 0 aromatic heterocycles. The number of unbranched alkanes of at least 4 members (excludes halogenated alkanes) is 1. The van der Waals surface area contributed by atoms with E-state index in [0.29, 0.717) is 19.7 Å². The maximum atomic E-state index is 12.0. The Morgan fingerprint density at radius 3 is 2.42 bits per heavy atom. The van der Waals surface area contributed by atoms with Gasteiger partial charge in [0.2, 0.25) is 0 Å². The molecule has 0 bridgehead atoms. The van der Waals surface area contributed by atoms with Gasteiger partial charge in [-0.3, -0.25) is 0 Å². The van der Waals surface area contributed by atoms with Crippen LogP contribution in [0, 0.1) is 0 Å². The van der Waals surface area contributed by atoms with E-state index in [9.17, 15) is 4.79 Å². The standard InChI is InChI=1S/C14H30N2O3/c1-6-7-8-15-9-10-16(11-12-18-5)13(17)19-14(2,3)4/h15H,6-12H2,1-5H3. The number of ether oxygens (including phenoxy) is 2. The van der Waals surface area contributed by atoms with Crippen LogP contribution in [0.15, 0.2) is 0 Å². The van der Waals surface area contributed by atoms with Crippen molar-refractivity contribution in [3.05, 3.63) is 0 Å². The van der Waals surface area contributed by atoms with E-state index in [2.05, 4.69) is 12.2 Å². The molecular weight excluding hydrogens is 244 g/mol. The smallest absolute Gasteiger partial charge is 0.410 e. The second kappa shape index (κ2) is 10.0. The minimum absolute atomic E-state index is 0.276. The fourth-order valence-electron chi connectivity index (χ4n) is 1.46. The Kier molecular flexibility index (Phi) is 9.61. The molecule has 0 aliphatic heterocycles. The average molecular weight is 274 g/mol. The minimum atomic E-state index is -0.460. The lowest BCUT2D eigenvalue weighted by atomic mass is 10.2. The van der Waals surface area contributed by atoms with Crippen molar-refractivity contribution in [3.63, 3.8) is 0 Å². The van der Waals surface area contributed by atoms with Crippen LogP contribution in [0.2, 0.25) is 0 Å². The van der Waals surface area contributed by atoms with Gasteiger partial charge in [-0.15, -0.1) is 0 Å². The highest BCUT2D eigenvalue weighted by Crippen LogP contribution is 2.09. The molecule has 0 radical (unpaired) electrons. The lowest BCUT2D eigenvalue weighted by molar-refractivity contribution is 0.0204. The van der Waals surface area contributed by atoms with E-state index in [1.54, 1.807) is 12.0 Å². The maximum Gasteiger partial charge on any atom is 0.410 e. The largest absolute Gasteiger partial charge is 0.444 e. The third kappa shape index (κ3) is 10.8. The molecule has 0 spiro atoms. The molecule has 19 heavy (non-hydrogen) atoms. The van der Waals surface area contributed by atoms with Crippen LogP contribution in [0.4, 0.5) is 4.79 Å². The second-order valence-corrected chi connectivity index (χ2v) is 5.56. The predicted octanol–water partition coefficient (Wildman–Crippen LogP) is 2.26. The van der Waals surface area contributed by atoms with Crippen molar-refractivity contribution in [1.29, 1.82) is 0 Å². The summed E-state index contributed by atoms with van der Waals surface area (Å²) in [5.74, 6) is 0. The molecule has 0 fully saturated rings. The molecule has 0 aromatic carbocycles. The Morgan fingerprint density at radius 2 is 1.89 bits per heavy atom. The van der Waals surface area contributed by atoms with Crippen molar-refractivity contribution < 1.29 is 14.3 Å². The quantitative estimate of drug-likeness (QED) is 0.655. The Bertz CT molecular complexity index is 239. The fourth-order valence-corrected chi connectivity index (χ4v) is 1.46. The summed E-state index contributed by atoms with van der Waals surface area (Å²) in [6.45, 7) is 11.3. The molecule has 0 unspecified atom stereocenters. The highest BCUT2D eigenvalue weighted by Gasteiger charge is 2.21. The van der Waals surface area contributed by atoms with Crippen molar-refractivity contribution in [3.8, 4) is 0 Å². The molecule has 114 valence electrons. The van der Waals surface area contributed by atoms with Crippen molar-refractivity contribution in [2.24, 2.45) is 0 Å². The first kappa shape index (κ1) is 18.2. The average Bonchev–Trinajstić information content (AvgIpc) is 2.30. The molecule has 5 nitrogen and oxygen atoms in total. The summed E-state index contributed by atoms with van der Waals surface area (Å²) in [7, 11) is 1.63. The summed E-state index contributed by atoms with van der Waals surface area (Å²) in [5.41, 5.74) is -0.460. The third-order valence-electron chi connectivity index (χ3n) is 2.48. The zero-order valence-corrected chi connectivity index (χ0v) is 13.1. The Balaban J connectivity index is 4.10. The van der Waals surface area contributed by atoms with Gasteiger partial charge in [0.1, 0.15) is 5.60 Å². The number of methoxy groups -OCH3 is 1. The number of carbonyl (C=O) groups is 1. The van der Waals surface area contributed by atoms with Gasteiger partial charge in [0.05, 0.1) is 6.61 Å². The van der Waals surface area contributed by atoms with Crippen LogP contribution < -0.4 is 5.32 Å². The van der Waals surface area contributed by atoms with Gasteiger partial charge in [-0.1, -0.05) is 13.3 Å². The first-order valence-corrected chi connectivity index (χ1v) is 7.08. The summed E-state index contributed by atoms with van der Waals surface area (Å²) < 4.78 is 10.4. The lowest BCUT2D eigenvalue weighted by Crippen LogP contribution is -2.42. The summed E-state index contributed by atoms with van der Waals surface area (Å²) in [6.07, 6.45) is 2.05. The van der Waals surface area contributed by atoms with Gasteiger partial charge in [-0.2, -0.15) is 0 Å². The van der Waals surface area contributed by atoms with E-state index >= 15 is 0 Å². The Morgan fingerprint density at radius 1 is 1.21 bits per heavy atom. The van der Waals surface area contributed by atoms with Gasteiger partial charge in [-0.25, -0.2) is 4.79 Å². The first-order valence-electron chi connectivity index (χ1n) is 7.08. The molecule has 0 atom stereocenters. The molecule has 1 amide bonds. The summed E-state index contributed by atoms with van der Waals surface area (Å²) in [5, 5.41) is 3.32. The van der Waals surface area contributed by atoms with Gasteiger partial charge in [0.15, 0.2) is 0 Å². The summed E-state index contributed by atoms with van der Waals surface area (Å²) in [6, 6.07) is 0. The number of amides is 1. The number of hydrogen-bond acceptors (Lipinski definition) is 4. The first-order chi connectivity index (χ1) is 8.90. The molecule has 0 aliphatic rings. The zero-order chi connectivity index (χ0) is 14.7. The van der Waals surface area contributed by atoms with Gasteiger partial charge < -0.3 is 19.7 Å². The molecular formula is C14H30N2O3. The minimum Gasteiger partial charge on any atom is -0.444 e. The molecule has 0 saturated carbocycles. The molecule has 0 aliphatic carbocycles. The molecule has 5 heteroatoms. The van der Waals surface area contributed by atoms with E-state index in [1.807, 2.05) is 20.8 Å². The maximum absolute atomic E-state index is 12.0. The molecule has 0 aromatic rings. The number of nitrogens with zero attached hydrogens (tertiary/aromatic N) is 1. The molecule has 0 saturated heterocycles. The van der Waals surface area contributed by atoms with Crippen LogP contribution in [0.25, 0.3) is 0 Å². The Hall–Kier alpha value is -0.810. The number of rotatable bonds is 9. The topological polar surface area (TPSA) is 50.8 Å². The van der Waals surface area contributed by atoms with Crippen LogP contribution >= 0.6 is 0 Å². The Labute approximate surface area is 117 Å². The van der Waals surface area contributed by atoms with Crippen molar-refractivity contribution in [2.45, 2.75) is 46.1 Å². The molecule has 0 heterocycles. The zero-order valence-electron chi connectivity index (χ0n) is 13.1. The number of carbonyl (C=O) groups excluding carboxylic acids is 1. The van der Waals surface area contributed by atoms with E-state index in [0.717, 1.165) is 19.5 Å². The number of hydrogen-bond donors (Lipinski definition) is 1. The van der Waals surface area contributed by atoms with E-state index < -0.39 is 5.60 Å². The van der Waals surface area contributed by atoms with Gasteiger partial charge in [0.25, 0.3) is 0 Å².